The molecule has 0 aliphatic heterocycles. The van der Waals surface area contributed by atoms with Gasteiger partial charge in [0.1, 0.15) is 17.9 Å². The third-order valence-corrected chi connectivity index (χ3v) is 4.95. The first kappa shape index (κ1) is 18.0. The number of anilines is 1. The molecule has 2 aromatic carbocycles. The lowest BCUT2D eigenvalue weighted by Gasteiger charge is -2.05. The number of rotatable bonds is 4. The molecule has 5 aromatic rings. The molecule has 0 saturated heterocycles. The van der Waals surface area contributed by atoms with E-state index in [1.165, 1.54) is 0 Å². The van der Waals surface area contributed by atoms with Crippen LogP contribution in [0.4, 0.5) is 5.82 Å². The first-order chi connectivity index (χ1) is 14.6. The fourth-order valence-corrected chi connectivity index (χ4v) is 3.53. The van der Waals surface area contributed by atoms with Crippen molar-refractivity contribution in [1.82, 2.24) is 29.5 Å². The van der Waals surface area contributed by atoms with Crippen LogP contribution in [0, 0.1) is 6.92 Å². The Hall–Kier alpha value is -4.07. The van der Waals surface area contributed by atoms with Gasteiger partial charge in [0.05, 0.1) is 22.2 Å². The second-order valence-electron chi connectivity index (χ2n) is 7.08. The fraction of sp³-hybridized carbons (Fsp3) is 0.136. The van der Waals surface area contributed by atoms with Gasteiger partial charge in [-0.2, -0.15) is 10.2 Å². The predicted octanol–water partition coefficient (Wildman–Crippen LogP) is 3.33. The quantitative estimate of drug-likeness (QED) is 0.502. The normalized spacial score (nSPS) is 11.3. The minimum absolute atomic E-state index is 0.0744. The average Bonchev–Trinajstić information content (AvgIpc) is 3.32. The van der Waals surface area contributed by atoms with Gasteiger partial charge in [0, 0.05) is 18.6 Å². The molecule has 0 unspecified atom stereocenters. The first-order valence-corrected chi connectivity index (χ1v) is 9.57. The van der Waals surface area contributed by atoms with Crippen molar-refractivity contribution < 1.29 is 4.79 Å². The van der Waals surface area contributed by atoms with Gasteiger partial charge in [-0.15, -0.1) is 0 Å². The standard InChI is InChI=1S/C22H19N7O/c1-14-21(24-17-9-5-4-8-16(17)23-14)18-11-12-29(26-18)13-20(30)25-22-15-7-3-6-10-19(15)28(2)27-22/h3-12H,13H2,1-2H3,(H,25,27,30). The van der Waals surface area contributed by atoms with Crippen molar-refractivity contribution in [2.24, 2.45) is 7.05 Å². The minimum Gasteiger partial charge on any atom is -0.307 e. The summed E-state index contributed by atoms with van der Waals surface area (Å²) in [6.45, 7) is 1.98. The number of hydrogen-bond donors (Lipinski definition) is 1. The molecule has 3 heterocycles. The van der Waals surface area contributed by atoms with Crippen LogP contribution in [0.15, 0.2) is 60.8 Å². The first-order valence-electron chi connectivity index (χ1n) is 9.57. The van der Waals surface area contributed by atoms with Gasteiger partial charge in [-0.05, 0) is 37.3 Å². The second kappa shape index (κ2) is 7.07. The largest absolute Gasteiger partial charge is 0.307 e. The molecule has 0 aliphatic carbocycles. The van der Waals surface area contributed by atoms with Crippen LogP contribution in [0.2, 0.25) is 0 Å². The van der Waals surface area contributed by atoms with Crippen molar-refractivity contribution in [3.8, 4) is 11.4 Å². The van der Waals surface area contributed by atoms with Crippen LogP contribution >= 0.6 is 0 Å². The molecule has 30 heavy (non-hydrogen) atoms. The summed E-state index contributed by atoms with van der Waals surface area (Å²) in [6, 6.07) is 17.3. The lowest BCUT2D eigenvalue weighted by atomic mass is 10.2. The third kappa shape index (κ3) is 3.18. The molecule has 8 heteroatoms. The number of aryl methyl sites for hydroxylation is 2. The number of carbonyl (C=O) groups is 1. The molecule has 0 aliphatic rings. The van der Waals surface area contributed by atoms with Crippen molar-refractivity contribution in [2.45, 2.75) is 13.5 Å². The highest BCUT2D eigenvalue weighted by molar-refractivity contribution is 5.99. The fourth-order valence-electron chi connectivity index (χ4n) is 3.53. The Labute approximate surface area is 172 Å². The van der Waals surface area contributed by atoms with Crippen molar-refractivity contribution in [2.75, 3.05) is 5.32 Å². The zero-order valence-corrected chi connectivity index (χ0v) is 16.6. The summed E-state index contributed by atoms with van der Waals surface area (Å²) in [7, 11) is 1.85. The van der Waals surface area contributed by atoms with Crippen LogP contribution < -0.4 is 5.32 Å². The summed E-state index contributed by atoms with van der Waals surface area (Å²) >= 11 is 0. The van der Waals surface area contributed by atoms with Crippen LogP contribution in [0.3, 0.4) is 0 Å². The second-order valence-corrected chi connectivity index (χ2v) is 7.08. The number of carbonyl (C=O) groups excluding carboxylic acids is 1. The lowest BCUT2D eigenvalue weighted by molar-refractivity contribution is -0.116. The number of para-hydroxylation sites is 3. The van der Waals surface area contributed by atoms with E-state index in [0.717, 1.165) is 27.6 Å². The molecule has 148 valence electrons. The van der Waals surface area contributed by atoms with E-state index in [-0.39, 0.29) is 12.5 Å². The van der Waals surface area contributed by atoms with Crippen LogP contribution in [-0.4, -0.2) is 35.4 Å². The van der Waals surface area contributed by atoms with Gasteiger partial charge in [-0.3, -0.25) is 14.2 Å². The monoisotopic (exact) mass is 397 g/mol. The van der Waals surface area contributed by atoms with Gasteiger partial charge in [0.15, 0.2) is 5.82 Å². The molecule has 1 amide bonds. The van der Waals surface area contributed by atoms with Gasteiger partial charge in [0.2, 0.25) is 5.91 Å². The molecule has 1 N–H and O–H groups in total. The Morgan fingerprint density at radius 2 is 1.70 bits per heavy atom. The molecule has 0 bridgehead atoms. The summed E-state index contributed by atoms with van der Waals surface area (Å²) in [5, 5.41) is 12.7. The molecular weight excluding hydrogens is 378 g/mol. The Kier molecular flexibility index (Phi) is 4.24. The van der Waals surface area contributed by atoms with E-state index in [9.17, 15) is 4.79 Å². The summed E-state index contributed by atoms with van der Waals surface area (Å²) in [6.07, 6.45) is 1.77. The van der Waals surface area contributed by atoms with E-state index in [4.69, 9.17) is 4.98 Å². The zero-order valence-electron chi connectivity index (χ0n) is 16.6. The third-order valence-electron chi connectivity index (χ3n) is 4.95. The molecule has 0 fully saturated rings. The van der Waals surface area contributed by atoms with Crippen molar-refractivity contribution in [1.29, 1.82) is 0 Å². The highest BCUT2D eigenvalue weighted by Crippen LogP contribution is 2.23. The number of aromatic nitrogens is 6. The number of fused-ring (bicyclic) bond motifs is 2. The van der Waals surface area contributed by atoms with Crippen molar-refractivity contribution in [3.05, 3.63) is 66.5 Å². The summed E-state index contributed by atoms with van der Waals surface area (Å²) < 4.78 is 3.34. The van der Waals surface area contributed by atoms with Gasteiger partial charge in [-0.25, -0.2) is 9.97 Å². The maximum Gasteiger partial charge on any atom is 0.247 e. The van der Waals surface area contributed by atoms with Crippen molar-refractivity contribution in [3.63, 3.8) is 0 Å². The van der Waals surface area contributed by atoms with E-state index >= 15 is 0 Å². The summed E-state index contributed by atoms with van der Waals surface area (Å²) in [5.74, 6) is 0.344. The Morgan fingerprint density at radius 3 is 2.53 bits per heavy atom. The van der Waals surface area contributed by atoms with Crippen LogP contribution in [0.5, 0.6) is 0 Å². The van der Waals surface area contributed by atoms with E-state index in [2.05, 4.69) is 20.5 Å². The van der Waals surface area contributed by atoms with E-state index in [1.54, 1.807) is 15.6 Å². The number of benzene rings is 2. The smallest absolute Gasteiger partial charge is 0.247 e. The van der Waals surface area contributed by atoms with Gasteiger partial charge in [0.25, 0.3) is 0 Å². The van der Waals surface area contributed by atoms with Crippen molar-refractivity contribution >= 4 is 33.7 Å². The van der Waals surface area contributed by atoms with E-state index < -0.39 is 0 Å². The Balaban J connectivity index is 1.37. The number of nitrogens with zero attached hydrogens (tertiary/aromatic N) is 6. The summed E-state index contributed by atoms with van der Waals surface area (Å²) in [5.41, 5.74) is 4.81. The molecule has 8 nitrogen and oxygen atoms in total. The predicted molar refractivity (Wildman–Crippen MR) is 115 cm³/mol. The molecule has 0 atom stereocenters. The van der Waals surface area contributed by atoms with E-state index in [0.29, 0.717) is 17.2 Å². The SMILES string of the molecule is Cc1nc2ccccc2nc1-c1ccn(CC(=O)Nc2nn(C)c3ccccc23)n1. The summed E-state index contributed by atoms with van der Waals surface area (Å²) in [4.78, 5) is 21.9. The van der Waals surface area contributed by atoms with Gasteiger partial charge >= 0.3 is 0 Å². The number of hydrogen-bond acceptors (Lipinski definition) is 5. The zero-order chi connectivity index (χ0) is 20.7. The van der Waals surface area contributed by atoms with Gasteiger partial charge < -0.3 is 5.32 Å². The molecular formula is C22H19N7O. The maximum atomic E-state index is 12.6. The Morgan fingerprint density at radius 1 is 0.967 bits per heavy atom. The average molecular weight is 397 g/mol. The molecule has 5 rings (SSSR count). The molecule has 3 aromatic heterocycles. The van der Waals surface area contributed by atoms with E-state index in [1.807, 2.05) is 68.6 Å². The van der Waals surface area contributed by atoms with Gasteiger partial charge in [-0.1, -0.05) is 24.3 Å². The minimum atomic E-state index is -0.199. The number of nitrogens with one attached hydrogen (secondary N) is 1. The maximum absolute atomic E-state index is 12.6. The molecule has 0 radical (unpaired) electrons. The Bertz CT molecular complexity index is 1400. The van der Waals surface area contributed by atoms with Crippen LogP contribution in [-0.2, 0) is 18.4 Å². The highest BCUT2D eigenvalue weighted by Gasteiger charge is 2.14. The molecule has 0 saturated carbocycles. The molecule has 0 spiro atoms. The van der Waals surface area contributed by atoms with Crippen LogP contribution in [0.25, 0.3) is 33.3 Å². The topological polar surface area (TPSA) is 90.5 Å². The lowest BCUT2D eigenvalue weighted by Crippen LogP contribution is -2.19. The number of amides is 1. The highest BCUT2D eigenvalue weighted by atomic mass is 16.2. The van der Waals surface area contributed by atoms with Crippen LogP contribution in [0.1, 0.15) is 5.69 Å².